The first-order valence-electron chi connectivity index (χ1n) is 9.21. The average molecular weight is 412 g/mol. The Labute approximate surface area is 168 Å². The fourth-order valence-corrected chi connectivity index (χ4v) is 4.73. The third-order valence-electron chi connectivity index (χ3n) is 4.79. The van der Waals surface area contributed by atoms with Crippen LogP contribution in [0.4, 0.5) is 5.82 Å². The van der Waals surface area contributed by atoms with Crippen LogP contribution in [-0.2, 0) is 14.8 Å². The van der Waals surface area contributed by atoms with Gasteiger partial charge < -0.3 is 5.32 Å². The Morgan fingerprint density at radius 1 is 1.14 bits per heavy atom. The summed E-state index contributed by atoms with van der Waals surface area (Å²) >= 11 is 0. The highest BCUT2D eigenvalue weighted by Gasteiger charge is 2.34. The Bertz CT molecular complexity index is 1090. The number of nitrogens with zero attached hydrogens (tertiary/aromatic N) is 5. The van der Waals surface area contributed by atoms with Crippen molar-refractivity contribution in [2.45, 2.75) is 17.7 Å². The summed E-state index contributed by atoms with van der Waals surface area (Å²) in [5.74, 6) is -0.364. The number of carbonyl (C=O) groups is 1. The van der Waals surface area contributed by atoms with Gasteiger partial charge in [-0.3, -0.25) is 9.78 Å². The fraction of sp³-hybridized carbons (Fsp3) is 0.263. The van der Waals surface area contributed by atoms with E-state index in [0.29, 0.717) is 25.2 Å². The van der Waals surface area contributed by atoms with Gasteiger partial charge in [-0.25, -0.2) is 18.1 Å². The van der Waals surface area contributed by atoms with Gasteiger partial charge >= 0.3 is 0 Å². The van der Waals surface area contributed by atoms with Gasteiger partial charge in [-0.2, -0.15) is 9.40 Å². The molecule has 0 bridgehead atoms. The van der Waals surface area contributed by atoms with Crippen LogP contribution >= 0.6 is 0 Å². The van der Waals surface area contributed by atoms with Gasteiger partial charge in [0.1, 0.15) is 4.90 Å². The molecule has 1 amide bonds. The van der Waals surface area contributed by atoms with E-state index in [0.717, 1.165) is 5.69 Å². The van der Waals surface area contributed by atoms with Crippen molar-refractivity contribution in [1.29, 1.82) is 0 Å². The highest BCUT2D eigenvalue weighted by atomic mass is 32.2. The number of piperidine rings is 1. The molecule has 29 heavy (non-hydrogen) atoms. The maximum absolute atomic E-state index is 13.1. The molecule has 1 aliphatic heterocycles. The van der Waals surface area contributed by atoms with Crippen molar-refractivity contribution >= 4 is 21.7 Å². The molecule has 1 aromatic carbocycles. The molecular weight excluding hydrogens is 392 g/mol. The number of carbonyl (C=O) groups excluding carboxylic acids is 1. The number of amides is 1. The number of anilines is 1. The lowest BCUT2D eigenvalue weighted by Crippen LogP contribution is -2.43. The van der Waals surface area contributed by atoms with E-state index in [1.807, 2.05) is 30.3 Å². The van der Waals surface area contributed by atoms with Crippen molar-refractivity contribution in [2.24, 2.45) is 5.92 Å². The minimum atomic E-state index is -3.75. The zero-order valence-electron chi connectivity index (χ0n) is 15.5. The Hall–Kier alpha value is -3.11. The van der Waals surface area contributed by atoms with Gasteiger partial charge in [-0.15, -0.1) is 0 Å². The molecule has 1 aliphatic rings. The smallest absolute Gasteiger partial charge is 0.246 e. The van der Waals surface area contributed by atoms with Gasteiger partial charge in [-0.1, -0.05) is 18.2 Å². The average Bonchev–Trinajstić information content (AvgIpc) is 3.26. The van der Waals surface area contributed by atoms with Crippen molar-refractivity contribution in [3.63, 3.8) is 0 Å². The van der Waals surface area contributed by atoms with Crippen molar-refractivity contribution in [3.8, 4) is 5.69 Å². The molecule has 9 nitrogen and oxygen atoms in total. The lowest BCUT2D eigenvalue weighted by molar-refractivity contribution is -0.120. The molecule has 1 atom stereocenters. The summed E-state index contributed by atoms with van der Waals surface area (Å²) in [5.41, 5.74) is 0.772. The first kappa shape index (κ1) is 19.2. The molecule has 0 aliphatic carbocycles. The Kier molecular flexibility index (Phi) is 5.36. The Morgan fingerprint density at radius 2 is 1.97 bits per heavy atom. The van der Waals surface area contributed by atoms with Crippen LogP contribution in [0.1, 0.15) is 12.8 Å². The van der Waals surface area contributed by atoms with Gasteiger partial charge in [0, 0.05) is 25.5 Å². The number of nitrogens with one attached hydrogen (secondary N) is 1. The third kappa shape index (κ3) is 4.17. The summed E-state index contributed by atoms with van der Waals surface area (Å²) in [7, 11) is -3.75. The summed E-state index contributed by atoms with van der Waals surface area (Å²) in [6, 6.07) is 9.28. The van der Waals surface area contributed by atoms with E-state index in [2.05, 4.69) is 20.4 Å². The van der Waals surface area contributed by atoms with Gasteiger partial charge in [0.15, 0.2) is 5.82 Å². The van der Waals surface area contributed by atoms with Crippen LogP contribution in [0.25, 0.3) is 5.69 Å². The van der Waals surface area contributed by atoms with E-state index < -0.39 is 15.9 Å². The Morgan fingerprint density at radius 3 is 2.72 bits per heavy atom. The number of hydrogen-bond acceptors (Lipinski definition) is 6. The second-order valence-corrected chi connectivity index (χ2v) is 8.68. The number of sulfonamides is 1. The number of aromatic nitrogens is 4. The number of benzene rings is 1. The first-order valence-corrected chi connectivity index (χ1v) is 10.7. The largest absolute Gasteiger partial charge is 0.309 e. The summed E-state index contributed by atoms with van der Waals surface area (Å²) in [4.78, 5) is 20.6. The van der Waals surface area contributed by atoms with Gasteiger partial charge in [0.25, 0.3) is 0 Å². The molecule has 3 heterocycles. The SMILES string of the molecule is O=C(Nc1cnccn1)C1CCCN(S(=O)(=O)c2cnn(-c3ccccc3)c2)C1. The molecule has 0 saturated carbocycles. The monoisotopic (exact) mass is 412 g/mol. The van der Waals surface area contributed by atoms with Crippen LogP contribution in [-0.4, -0.2) is 51.5 Å². The molecule has 1 saturated heterocycles. The van der Waals surface area contributed by atoms with Crippen molar-refractivity contribution in [2.75, 3.05) is 18.4 Å². The molecule has 1 unspecified atom stereocenters. The third-order valence-corrected chi connectivity index (χ3v) is 6.60. The normalized spacial score (nSPS) is 17.7. The molecule has 0 radical (unpaired) electrons. The van der Waals surface area contributed by atoms with E-state index in [1.165, 1.54) is 40.0 Å². The lowest BCUT2D eigenvalue weighted by Gasteiger charge is -2.30. The van der Waals surface area contributed by atoms with E-state index >= 15 is 0 Å². The molecule has 3 aromatic rings. The number of para-hydroxylation sites is 1. The predicted octanol–water partition coefficient (Wildman–Crippen LogP) is 1.70. The van der Waals surface area contributed by atoms with Crippen LogP contribution in [0.2, 0.25) is 0 Å². The van der Waals surface area contributed by atoms with Gasteiger partial charge in [0.2, 0.25) is 15.9 Å². The molecule has 1 N–H and O–H groups in total. The van der Waals surface area contributed by atoms with Crippen molar-refractivity contribution in [3.05, 3.63) is 61.3 Å². The summed E-state index contributed by atoms with van der Waals surface area (Å²) < 4.78 is 29.0. The van der Waals surface area contributed by atoms with Crippen LogP contribution < -0.4 is 5.32 Å². The van der Waals surface area contributed by atoms with Gasteiger partial charge in [-0.05, 0) is 25.0 Å². The van der Waals surface area contributed by atoms with Crippen LogP contribution in [0.3, 0.4) is 0 Å². The first-order chi connectivity index (χ1) is 14.0. The highest BCUT2D eigenvalue weighted by Crippen LogP contribution is 2.25. The summed E-state index contributed by atoms with van der Waals surface area (Å²) in [6.45, 7) is 0.485. The number of hydrogen-bond donors (Lipinski definition) is 1. The number of rotatable bonds is 5. The maximum Gasteiger partial charge on any atom is 0.246 e. The molecule has 10 heteroatoms. The van der Waals surface area contributed by atoms with Crippen LogP contribution in [0.5, 0.6) is 0 Å². The molecule has 2 aromatic heterocycles. The highest BCUT2D eigenvalue weighted by molar-refractivity contribution is 7.89. The minimum absolute atomic E-state index is 0.108. The predicted molar refractivity (Wildman–Crippen MR) is 106 cm³/mol. The molecule has 1 fully saturated rings. The molecule has 150 valence electrons. The maximum atomic E-state index is 13.1. The van der Waals surface area contributed by atoms with E-state index in [1.54, 1.807) is 0 Å². The van der Waals surface area contributed by atoms with Crippen LogP contribution in [0.15, 0.2) is 66.2 Å². The van der Waals surface area contributed by atoms with Gasteiger partial charge in [0.05, 0.1) is 30.2 Å². The topological polar surface area (TPSA) is 110 Å². The quantitative estimate of drug-likeness (QED) is 0.683. The van der Waals surface area contributed by atoms with Crippen molar-refractivity contribution in [1.82, 2.24) is 24.1 Å². The molecule has 0 spiro atoms. The van der Waals surface area contributed by atoms with E-state index in [4.69, 9.17) is 0 Å². The second-order valence-electron chi connectivity index (χ2n) is 6.74. The standard InChI is InChI=1S/C19H20N6O3S/c26-19(23-18-12-20-8-9-21-18)15-5-4-10-24(13-15)29(27,28)17-11-22-25(14-17)16-6-2-1-3-7-16/h1-3,6-9,11-12,14-15H,4-5,10,13H2,(H,21,23,26). The fourth-order valence-electron chi connectivity index (χ4n) is 3.28. The molecular formula is C19H20N6O3S. The van der Waals surface area contributed by atoms with Crippen molar-refractivity contribution < 1.29 is 13.2 Å². The summed E-state index contributed by atoms with van der Waals surface area (Å²) in [6.07, 6.45) is 8.50. The zero-order valence-corrected chi connectivity index (χ0v) is 16.4. The Balaban J connectivity index is 1.49. The second kappa shape index (κ2) is 8.10. The van der Waals surface area contributed by atoms with E-state index in [9.17, 15) is 13.2 Å². The van der Waals surface area contributed by atoms with Crippen LogP contribution in [0, 0.1) is 5.92 Å². The van der Waals surface area contributed by atoms with E-state index in [-0.39, 0.29) is 17.3 Å². The lowest BCUT2D eigenvalue weighted by atomic mass is 9.99. The zero-order chi connectivity index (χ0) is 20.3. The summed E-state index contributed by atoms with van der Waals surface area (Å²) in [5, 5.41) is 6.87. The minimum Gasteiger partial charge on any atom is -0.309 e. The molecule has 4 rings (SSSR count).